The summed E-state index contributed by atoms with van der Waals surface area (Å²) in [6.45, 7) is 5.83. The van der Waals surface area contributed by atoms with Crippen molar-refractivity contribution in [1.29, 1.82) is 0 Å². The van der Waals surface area contributed by atoms with Gasteiger partial charge in [0.25, 0.3) is 0 Å². The molecular weight excluding hydrogens is 359 g/mol. The quantitative estimate of drug-likeness (QED) is 0.766. The van der Waals surface area contributed by atoms with Crippen molar-refractivity contribution >= 4 is 17.4 Å². The van der Waals surface area contributed by atoms with Crippen molar-refractivity contribution in [1.82, 2.24) is 4.90 Å². The van der Waals surface area contributed by atoms with Gasteiger partial charge in [-0.3, -0.25) is 4.79 Å². The molecule has 4 nitrogen and oxygen atoms in total. The number of ether oxygens (including phenoxy) is 1. The molecule has 7 heteroatoms. The van der Waals surface area contributed by atoms with E-state index < -0.39 is 36.5 Å². The van der Waals surface area contributed by atoms with Crippen molar-refractivity contribution in [2.45, 2.75) is 40.3 Å². The first-order valence-corrected chi connectivity index (χ1v) is 8.55. The van der Waals surface area contributed by atoms with E-state index >= 15 is 0 Å². The molecule has 1 unspecified atom stereocenters. The maximum absolute atomic E-state index is 13.9. The zero-order chi connectivity index (χ0) is 20.7. The number of allylic oxidation sites excluding steroid dienone is 1. The number of hydrogen-bond donors (Lipinski definition) is 0. The zero-order valence-electron chi connectivity index (χ0n) is 16.4. The third-order valence-electron chi connectivity index (χ3n) is 5.02. The van der Waals surface area contributed by atoms with Gasteiger partial charge in [0.05, 0.1) is 5.41 Å². The van der Waals surface area contributed by atoms with Crippen LogP contribution in [0.25, 0.3) is 5.57 Å². The predicted molar refractivity (Wildman–Crippen MR) is 96.4 cm³/mol. The fraction of sp³-hybridized carbons (Fsp3) is 0.500. The molecule has 0 saturated carbocycles. The van der Waals surface area contributed by atoms with E-state index in [0.717, 1.165) is 28.5 Å². The topological polar surface area (TPSA) is 46.6 Å². The maximum atomic E-state index is 13.9. The van der Waals surface area contributed by atoms with Gasteiger partial charge in [0.2, 0.25) is 0 Å². The largest absolute Gasteiger partial charge is 0.445 e. The molecule has 0 spiro atoms. The Balaban J connectivity index is 2.70. The number of carbonyl (C=O) groups excluding carboxylic acids is 2. The number of benzene rings is 1. The van der Waals surface area contributed by atoms with Crippen LogP contribution in [0.2, 0.25) is 0 Å². The van der Waals surface area contributed by atoms with Gasteiger partial charge in [-0.05, 0) is 50.0 Å². The minimum atomic E-state index is -4.64. The van der Waals surface area contributed by atoms with Gasteiger partial charge in [-0.2, -0.15) is 13.2 Å². The fourth-order valence-corrected chi connectivity index (χ4v) is 3.59. The summed E-state index contributed by atoms with van der Waals surface area (Å²) >= 11 is 0. The highest BCUT2D eigenvalue weighted by Crippen LogP contribution is 2.54. The smallest absolute Gasteiger partial charge is 0.409 e. The van der Waals surface area contributed by atoms with Crippen molar-refractivity contribution in [3.63, 3.8) is 0 Å². The summed E-state index contributed by atoms with van der Waals surface area (Å²) in [5.41, 5.74) is 0.364. The highest BCUT2D eigenvalue weighted by atomic mass is 19.4. The summed E-state index contributed by atoms with van der Waals surface area (Å²) in [6.07, 6.45) is -6.09. The van der Waals surface area contributed by atoms with E-state index in [1.165, 1.54) is 14.1 Å². The number of Topliss-reactive ketones (excluding diaryl/α,β-unsaturated/α-hetero) is 1. The lowest BCUT2D eigenvalue weighted by Crippen LogP contribution is -2.37. The molecule has 148 valence electrons. The molecule has 1 aliphatic carbocycles. The van der Waals surface area contributed by atoms with Crippen LogP contribution < -0.4 is 0 Å². The highest BCUT2D eigenvalue weighted by molar-refractivity contribution is 6.25. The highest BCUT2D eigenvalue weighted by Gasteiger charge is 2.59. The number of alkyl halides is 3. The lowest BCUT2D eigenvalue weighted by molar-refractivity contribution is -0.204. The van der Waals surface area contributed by atoms with Crippen LogP contribution in [-0.2, 0) is 9.53 Å². The number of hydrogen-bond acceptors (Lipinski definition) is 3. The summed E-state index contributed by atoms with van der Waals surface area (Å²) in [6, 6.07) is 3.66. The van der Waals surface area contributed by atoms with Crippen LogP contribution in [0.3, 0.4) is 0 Å². The monoisotopic (exact) mass is 383 g/mol. The molecule has 27 heavy (non-hydrogen) atoms. The SMILES string of the molecule is Cc1cc(C)c(C2=C(COC(=O)N(C)C)C(C)(C(F)(F)F)CC2=O)c(C)c1. The minimum Gasteiger partial charge on any atom is -0.445 e. The van der Waals surface area contributed by atoms with E-state index in [1.807, 2.05) is 19.1 Å². The summed E-state index contributed by atoms with van der Waals surface area (Å²) in [4.78, 5) is 25.6. The van der Waals surface area contributed by atoms with E-state index in [-0.39, 0.29) is 11.1 Å². The Morgan fingerprint density at radius 1 is 1.19 bits per heavy atom. The van der Waals surface area contributed by atoms with Crippen molar-refractivity contribution in [2.24, 2.45) is 5.41 Å². The van der Waals surface area contributed by atoms with Crippen molar-refractivity contribution in [3.8, 4) is 0 Å². The van der Waals surface area contributed by atoms with E-state index in [4.69, 9.17) is 4.74 Å². The zero-order valence-corrected chi connectivity index (χ0v) is 16.4. The molecule has 0 N–H and O–H groups in total. The number of nitrogens with zero attached hydrogens (tertiary/aromatic N) is 1. The summed E-state index contributed by atoms with van der Waals surface area (Å²) < 4.78 is 46.7. The van der Waals surface area contributed by atoms with Crippen LogP contribution in [0.15, 0.2) is 17.7 Å². The molecule has 0 radical (unpaired) electrons. The van der Waals surface area contributed by atoms with Crippen LogP contribution in [0.1, 0.15) is 35.6 Å². The van der Waals surface area contributed by atoms with E-state index in [0.29, 0.717) is 5.56 Å². The van der Waals surface area contributed by atoms with Crippen molar-refractivity contribution < 1.29 is 27.5 Å². The van der Waals surface area contributed by atoms with Gasteiger partial charge in [-0.25, -0.2) is 4.79 Å². The van der Waals surface area contributed by atoms with Gasteiger partial charge in [0, 0.05) is 26.1 Å². The average Bonchev–Trinajstić information content (AvgIpc) is 2.75. The molecule has 1 aromatic carbocycles. The number of carbonyl (C=O) groups is 2. The van der Waals surface area contributed by atoms with Gasteiger partial charge in [-0.15, -0.1) is 0 Å². The molecule has 1 aromatic rings. The van der Waals surface area contributed by atoms with E-state index in [1.54, 1.807) is 13.8 Å². The number of aryl methyl sites for hydroxylation is 3. The van der Waals surface area contributed by atoms with Gasteiger partial charge in [-0.1, -0.05) is 17.7 Å². The molecule has 1 atom stereocenters. The Morgan fingerprint density at radius 3 is 2.15 bits per heavy atom. The summed E-state index contributed by atoms with van der Waals surface area (Å²) in [5, 5.41) is 0. The first kappa shape index (κ1) is 21.0. The molecule has 0 aliphatic heterocycles. The third kappa shape index (κ3) is 3.73. The molecule has 0 bridgehead atoms. The number of halogens is 3. The van der Waals surface area contributed by atoms with Gasteiger partial charge in [0.1, 0.15) is 6.61 Å². The van der Waals surface area contributed by atoms with E-state index in [2.05, 4.69) is 0 Å². The molecule has 0 saturated heterocycles. The first-order valence-electron chi connectivity index (χ1n) is 8.55. The van der Waals surface area contributed by atoms with Crippen molar-refractivity contribution in [3.05, 3.63) is 40.0 Å². The number of amides is 1. The fourth-order valence-electron chi connectivity index (χ4n) is 3.59. The predicted octanol–water partition coefficient (Wildman–Crippen LogP) is 4.61. The molecule has 1 amide bonds. The maximum Gasteiger partial charge on any atom is 0.409 e. The Labute approximate surface area is 157 Å². The molecular formula is C20H24F3NO3. The number of ketones is 1. The molecule has 1 aliphatic rings. The summed E-state index contributed by atoms with van der Waals surface area (Å²) in [5.74, 6) is -0.583. The Bertz CT molecular complexity index is 801. The van der Waals surface area contributed by atoms with Gasteiger partial charge < -0.3 is 9.64 Å². The normalized spacial score (nSPS) is 20.3. The lowest BCUT2D eigenvalue weighted by atomic mass is 9.81. The minimum absolute atomic E-state index is 0.0244. The van der Waals surface area contributed by atoms with Crippen LogP contribution in [0.4, 0.5) is 18.0 Å². The van der Waals surface area contributed by atoms with Gasteiger partial charge in [0.15, 0.2) is 5.78 Å². The molecule has 0 aromatic heterocycles. The second kappa shape index (κ2) is 7.02. The van der Waals surface area contributed by atoms with Crippen LogP contribution in [-0.4, -0.2) is 43.7 Å². The Morgan fingerprint density at radius 2 is 1.70 bits per heavy atom. The average molecular weight is 383 g/mol. The van der Waals surface area contributed by atoms with E-state index in [9.17, 15) is 22.8 Å². The second-order valence-corrected chi connectivity index (χ2v) is 7.51. The van der Waals surface area contributed by atoms with Crippen molar-refractivity contribution in [2.75, 3.05) is 20.7 Å². The molecule has 0 heterocycles. The summed E-state index contributed by atoms with van der Waals surface area (Å²) in [7, 11) is 2.88. The second-order valence-electron chi connectivity index (χ2n) is 7.51. The number of rotatable bonds is 3. The molecule has 0 fully saturated rings. The third-order valence-corrected chi connectivity index (χ3v) is 5.02. The first-order chi connectivity index (χ1) is 12.3. The van der Waals surface area contributed by atoms with Crippen LogP contribution in [0, 0.1) is 26.2 Å². The standard InChI is InChI=1S/C20H24F3NO3/c1-11-7-12(2)16(13(3)8-11)17-14(10-27-18(26)24(5)6)19(4,9-15(17)25)20(21,22)23/h7-8H,9-10H2,1-6H3. The Hall–Kier alpha value is -2.31. The molecule has 2 rings (SSSR count). The van der Waals surface area contributed by atoms with Crippen LogP contribution in [0.5, 0.6) is 0 Å². The lowest BCUT2D eigenvalue weighted by Gasteiger charge is -2.30. The Kier molecular flexibility index (Phi) is 5.46. The van der Waals surface area contributed by atoms with Crippen LogP contribution >= 0.6 is 0 Å². The van der Waals surface area contributed by atoms with Gasteiger partial charge >= 0.3 is 12.3 Å².